The van der Waals surface area contributed by atoms with Crippen LogP contribution in [0.25, 0.3) is 22.6 Å². The Morgan fingerprint density at radius 1 is 0.906 bits per heavy atom. The summed E-state index contributed by atoms with van der Waals surface area (Å²) in [5.74, 6) is 2.03. The largest absolute Gasteiger partial charge is 0.497 e. The van der Waals surface area contributed by atoms with Crippen LogP contribution >= 0.6 is 0 Å². The highest BCUT2D eigenvalue weighted by atomic mass is 16.6. The molecule has 3 heterocycles. The standard InChI is InChI=1S/C41H42N6O6/c1-26-11-13-27(14-12-26)37-43-36-38(44-40(45-39(36)49)42-25-46(2)3)47(37)35-23-33(48)34(53-35)24-52-41(28-9-7-6-8-10-28,29-15-19-31(50-4)20-16-29)30-17-21-32(51-5)22-18-30/h6-22,25,33-35,48H,23-24H2,1-5H3,(H,44,45,49)/t33-,34+,35+/m0/s1. The van der Waals surface area contributed by atoms with Crippen LogP contribution in [0.4, 0.5) is 5.95 Å². The zero-order valence-corrected chi connectivity index (χ0v) is 30.3. The lowest BCUT2D eigenvalue weighted by Crippen LogP contribution is -2.38. The first-order chi connectivity index (χ1) is 25.7. The maximum Gasteiger partial charge on any atom is 0.280 e. The molecule has 0 radical (unpaired) electrons. The first-order valence-corrected chi connectivity index (χ1v) is 17.3. The Morgan fingerprint density at radius 3 is 2.09 bits per heavy atom. The van der Waals surface area contributed by atoms with E-state index in [0.29, 0.717) is 23.0 Å². The van der Waals surface area contributed by atoms with Crippen molar-refractivity contribution in [3.05, 3.63) is 136 Å². The molecule has 1 fully saturated rings. The van der Waals surface area contributed by atoms with Crippen LogP contribution in [0.5, 0.6) is 11.5 Å². The molecule has 2 aromatic heterocycles. The number of aromatic amines is 1. The summed E-state index contributed by atoms with van der Waals surface area (Å²) in [6.45, 7) is 2.02. The van der Waals surface area contributed by atoms with Gasteiger partial charge in [-0.3, -0.25) is 14.3 Å². The topological polar surface area (TPSA) is 136 Å². The van der Waals surface area contributed by atoms with Crippen molar-refractivity contribution in [3.63, 3.8) is 0 Å². The summed E-state index contributed by atoms with van der Waals surface area (Å²) in [5, 5.41) is 11.6. The van der Waals surface area contributed by atoms with E-state index in [9.17, 15) is 9.90 Å². The molecule has 0 bridgehead atoms. The predicted molar refractivity (Wildman–Crippen MR) is 203 cm³/mol. The smallest absolute Gasteiger partial charge is 0.280 e. The van der Waals surface area contributed by atoms with Crippen molar-refractivity contribution in [2.75, 3.05) is 34.9 Å². The number of hydrogen-bond donors (Lipinski definition) is 2. The average molecular weight is 715 g/mol. The molecule has 2 N–H and O–H groups in total. The number of aliphatic hydroxyl groups is 1. The van der Waals surface area contributed by atoms with Gasteiger partial charge in [0.2, 0.25) is 5.95 Å². The molecule has 3 atom stereocenters. The number of hydrogen-bond acceptors (Lipinski definition) is 9. The van der Waals surface area contributed by atoms with Gasteiger partial charge in [-0.15, -0.1) is 0 Å². The fourth-order valence-corrected chi connectivity index (χ4v) is 6.69. The van der Waals surface area contributed by atoms with E-state index >= 15 is 0 Å². The van der Waals surface area contributed by atoms with E-state index in [2.05, 4.69) is 9.98 Å². The number of aliphatic hydroxyl groups excluding tert-OH is 1. The van der Waals surface area contributed by atoms with Crippen LogP contribution in [-0.4, -0.2) is 83.0 Å². The number of ether oxygens (including phenoxy) is 4. The monoisotopic (exact) mass is 714 g/mol. The van der Waals surface area contributed by atoms with Gasteiger partial charge in [0.05, 0.1) is 33.3 Å². The summed E-state index contributed by atoms with van der Waals surface area (Å²) < 4.78 is 26.5. The first kappa shape index (κ1) is 35.6. The number of fused-ring (bicyclic) bond motifs is 1. The van der Waals surface area contributed by atoms with Crippen molar-refractivity contribution < 1.29 is 24.1 Å². The quantitative estimate of drug-likeness (QED) is 0.0890. The number of aryl methyl sites for hydroxylation is 1. The minimum atomic E-state index is -1.11. The van der Waals surface area contributed by atoms with Crippen molar-refractivity contribution in [2.24, 2.45) is 4.99 Å². The van der Waals surface area contributed by atoms with E-state index in [1.54, 1.807) is 30.0 Å². The minimum absolute atomic E-state index is 0.0174. The van der Waals surface area contributed by atoms with Crippen LogP contribution < -0.4 is 15.0 Å². The van der Waals surface area contributed by atoms with Crippen molar-refractivity contribution in [1.29, 1.82) is 0 Å². The number of benzene rings is 4. The SMILES string of the molecule is COc1ccc(C(OC[C@H]2O[C@@H](n3c(-c4ccc(C)cc4)nc4c(=O)[nH]c(N=CN(C)C)nc43)C[C@@H]2O)(c2ccccc2)c2ccc(OC)cc2)cc1. The van der Waals surface area contributed by atoms with Gasteiger partial charge in [-0.1, -0.05) is 84.4 Å². The molecular weight excluding hydrogens is 672 g/mol. The Labute approximate surface area is 307 Å². The first-order valence-electron chi connectivity index (χ1n) is 17.3. The fourth-order valence-electron chi connectivity index (χ4n) is 6.69. The molecule has 4 aromatic carbocycles. The molecule has 0 aliphatic carbocycles. The highest BCUT2D eigenvalue weighted by molar-refractivity contribution is 5.78. The minimum Gasteiger partial charge on any atom is -0.497 e. The van der Waals surface area contributed by atoms with Gasteiger partial charge in [-0.2, -0.15) is 4.98 Å². The normalized spacial score (nSPS) is 17.4. The highest BCUT2D eigenvalue weighted by Gasteiger charge is 2.43. The van der Waals surface area contributed by atoms with Gasteiger partial charge in [0.1, 0.15) is 35.3 Å². The van der Waals surface area contributed by atoms with Crippen LogP contribution in [0, 0.1) is 6.92 Å². The molecular formula is C41H42N6O6. The van der Waals surface area contributed by atoms with Crippen LogP contribution in [-0.2, 0) is 15.1 Å². The number of methoxy groups -OCH3 is 2. The average Bonchev–Trinajstić information content (AvgIpc) is 3.75. The van der Waals surface area contributed by atoms with Crippen LogP contribution in [0.2, 0.25) is 0 Å². The molecule has 1 aliphatic rings. The van der Waals surface area contributed by atoms with Gasteiger partial charge in [-0.05, 0) is 47.9 Å². The molecule has 0 amide bonds. The number of aromatic nitrogens is 4. The molecule has 0 spiro atoms. The Kier molecular flexibility index (Phi) is 10.1. The summed E-state index contributed by atoms with van der Waals surface area (Å²) in [6.07, 6.45) is -0.646. The third-order valence-corrected chi connectivity index (χ3v) is 9.39. The maximum absolute atomic E-state index is 13.4. The lowest BCUT2D eigenvalue weighted by atomic mass is 9.80. The van der Waals surface area contributed by atoms with E-state index in [-0.39, 0.29) is 24.5 Å². The highest BCUT2D eigenvalue weighted by Crippen LogP contribution is 2.43. The Hall–Kier alpha value is -5.82. The summed E-state index contributed by atoms with van der Waals surface area (Å²) in [5.41, 5.74) is 3.34. The van der Waals surface area contributed by atoms with E-state index in [1.165, 1.54) is 0 Å². The number of rotatable bonds is 12. The van der Waals surface area contributed by atoms with Gasteiger partial charge < -0.3 is 29.0 Å². The maximum atomic E-state index is 13.4. The molecule has 0 saturated carbocycles. The Bertz CT molecular complexity index is 2200. The zero-order chi connectivity index (χ0) is 37.1. The lowest BCUT2D eigenvalue weighted by molar-refractivity contribution is -0.0928. The van der Waals surface area contributed by atoms with Crippen molar-refractivity contribution in [3.8, 4) is 22.9 Å². The zero-order valence-electron chi connectivity index (χ0n) is 30.3. The van der Waals surface area contributed by atoms with Crippen LogP contribution in [0.15, 0.2) is 113 Å². The number of H-pyrrole nitrogens is 1. The molecule has 1 aliphatic heterocycles. The Morgan fingerprint density at radius 2 is 1.51 bits per heavy atom. The molecule has 1 saturated heterocycles. The van der Waals surface area contributed by atoms with Crippen LogP contribution in [0.1, 0.15) is 34.9 Å². The molecule has 53 heavy (non-hydrogen) atoms. The van der Waals surface area contributed by atoms with Gasteiger partial charge in [0.25, 0.3) is 5.56 Å². The number of nitrogens with zero attached hydrogens (tertiary/aromatic N) is 5. The molecule has 12 heteroatoms. The van der Waals surface area contributed by atoms with Gasteiger partial charge in [0.15, 0.2) is 11.2 Å². The molecule has 12 nitrogen and oxygen atoms in total. The van der Waals surface area contributed by atoms with Crippen LogP contribution in [0.3, 0.4) is 0 Å². The van der Waals surface area contributed by atoms with E-state index in [4.69, 9.17) is 28.9 Å². The summed E-state index contributed by atoms with van der Waals surface area (Å²) in [6, 6.07) is 33.3. The molecule has 7 rings (SSSR count). The van der Waals surface area contributed by atoms with E-state index < -0.39 is 29.6 Å². The number of nitrogens with one attached hydrogen (secondary N) is 1. The molecule has 272 valence electrons. The lowest BCUT2D eigenvalue weighted by Gasteiger charge is -2.37. The van der Waals surface area contributed by atoms with Gasteiger partial charge >= 0.3 is 0 Å². The number of aliphatic imine (C=N–C) groups is 1. The summed E-state index contributed by atoms with van der Waals surface area (Å²) in [7, 11) is 6.91. The van der Waals surface area contributed by atoms with Crippen molar-refractivity contribution >= 4 is 23.5 Å². The third kappa shape index (κ3) is 7.04. The molecule has 0 unspecified atom stereocenters. The predicted octanol–water partition coefficient (Wildman–Crippen LogP) is 5.99. The van der Waals surface area contributed by atoms with E-state index in [0.717, 1.165) is 27.8 Å². The second kappa shape index (κ2) is 15.0. The van der Waals surface area contributed by atoms with Crippen molar-refractivity contribution in [2.45, 2.75) is 37.4 Å². The second-order valence-electron chi connectivity index (χ2n) is 13.2. The third-order valence-electron chi connectivity index (χ3n) is 9.39. The summed E-state index contributed by atoms with van der Waals surface area (Å²) >= 11 is 0. The fraction of sp³-hybridized carbons (Fsp3) is 0.268. The van der Waals surface area contributed by atoms with E-state index in [1.807, 2.05) is 124 Å². The van der Waals surface area contributed by atoms with Crippen molar-refractivity contribution in [1.82, 2.24) is 24.4 Å². The van der Waals surface area contributed by atoms with Gasteiger partial charge in [-0.25, -0.2) is 9.98 Å². The Balaban J connectivity index is 1.29. The molecule has 6 aromatic rings. The second-order valence-corrected chi connectivity index (χ2v) is 13.2. The number of imidazole rings is 1. The summed E-state index contributed by atoms with van der Waals surface area (Å²) in [4.78, 5) is 31.6. The van der Waals surface area contributed by atoms with Gasteiger partial charge in [0, 0.05) is 26.1 Å².